The number of nitrogens with two attached hydrogens (primary N) is 1. The Balaban J connectivity index is 2.34. The van der Waals surface area contributed by atoms with Crippen LogP contribution in [0, 0.1) is 6.92 Å². The Morgan fingerprint density at radius 3 is 3.14 bits per heavy atom. The van der Waals surface area contributed by atoms with E-state index in [0.717, 1.165) is 22.3 Å². The Morgan fingerprint density at radius 1 is 1.50 bits per heavy atom. The topological polar surface area (TPSA) is 63.9 Å². The van der Waals surface area contributed by atoms with Crippen LogP contribution in [-0.4, -0.2) is 23.3 Å². The molecule has 0 fully saturated rings. The highest BCUT2D eigenvalue weighted by molar-refractivity contribution is 5.82. The smallest absolute Gasteiger partial charge is 0.120 e. The van der Waals surface area contributed by atoms with Gasteiger partial charge in [-0.3, -0.25) is 5.10 Å². The lowest BCUT2D eigenvalue weighted by Crippen LogP contribution is -2.10. The second-order valence-corrected chi connectivity index (χ2v) is 3.16. The number of hydrogen-bond donors (Lipinski definition) is 2. The molecule has 0 saturated carbocycles. The van der Waals surface area contributed by atoms with E-state index in [1.165, 1.54) is 0 Å². The number of aromatic amines is 1. The van der Waals surface area contributed by atoms with Crippen molar-refractivity contribution in [2.45, 2.75) is 6.92 Å². The van der Waals surface area contributed by atoms with Crippen LogP contribution in [0.5, 0.6) is 5.75 Å². The van der Waals surface area contributed by atoms with Gasteiger partial charge in [-0.1, -0.05) is 0 Å². The quantitative estimate of drug-likeness (QED) is 0.766. The molecule has 14 heavy (non-hydrogen) atoms. The van der Waals surface area contributed by atoms with E-state index >= 15 is 0 Å². The zero-order valence-corrected chi connectivity index (χ0v) is 8.08. The number of hydrogen-bond acceptors (Lipinski definition) is 3. The third-order valence-electron chi connectivity index (χ3n) is 2.10. The zero-order chi connectivity index (χ0) is 9.97. The van der Waals surface area contributed by atoms with Gasteiger partial charge in [0.2, 0.25) is 0 Å². The number of aromatic nitrogens is 2. The Labute approximate surface area is 82.1 Å². The molecule has 0 bridgehead atoms. The molecule has 0 aliphatic heterocycles. The molecule has 1 heterocycles. The van der Waals surface area contributed by atoms with Gasteiger partial charge in [0.25, 0.3) is 0 Å². The normalized spacial score (nSPS) is 10.7. The number of aryl methyl sites for hydroxylation is 1. The Hall–Kier alpha value is -1.55. The first kappa shape index (κ1) is 9.02. The number of fused-ring (bicyclic) bond motifs is 1. The van der Waals surface area contributed by atoms with Crippen LogP contribution in [0.2, 0.25) is 0 Å². The van der Waals surface area contributed by atoms with Crippen molar-refractivity contribution in [2.75, 3.05) is 13.2 Å². The van der Waals surface area contributed by atoms with Crippen molar-refractivity contribution in [3.05, 3.63) is 23.9 Å². The third kappa shape index (κ3) is 1.56. The molecule has 0 unspecified atom stereocenters. The van der Waals surface area contributed by atoms with E-state index < -0.39 is 0 Å². The van der Waals surface area contributed by atoms with Gasteiger partial charge in [0.15, 0.2) is 0 Å². The molecule has 0 spiro atoms. The van der Waals surface area contributed by atoms with E-state index in [2.05, 4.69) is 10.2 Å². The number of nitrogens with one attached hydrogen (secondary N) is 1. The van der Waals surface area contributed by atoms with Crippen LogP contribution < -0.4 is 10.5 Å². The molecule has 74 valence electrons. The highest BCUT2D eigenvalue weighted by Crippen LogP contribution is 2.21. The minimum atomic E-state index is 0.530. The molecule has 3 N–H and O–H groups in total. The van der Waals surface area contributed by atoms with Crippen molar-refractivity contribution in [1.29, 1.82) is 0 Å². The molecule has 4 heteroatoms. The molecule has 2 rings (SSSR count). The van der Waals surface area contributed by atoms with Crippen LogP contribution in [0.25, 0.3) is 10.9 Å². The summed E-state index contributed by atoms with van der Waals surface area (Å²) in [6.07, 6.45) is 0. The molecule has 0 saturated heterocycles. The van der Waals surface area contributed by atoms with Gasteiger partial charge < -0.3 is 10.5 Å². The molecular formula is C10H13N3O. The summed E-state index contributed by atoms with van der Waals surface area (Å²) in [7, 11) is 0. The first-order valence-corrected chi connectivity index (χ1v) is 4.59. The first-order valence-electron chi connectivity index (χ1n) is 4.59. The summed E-state index contributed by atoms with van der Waals surface area (Å²) in [5, 5.41) is 8.16. The van der Waals surface area contributed by atoms with Gasteiger partial charge in [-0.15, -0.1) is 0 Å². The summed E-state index contributed by atoms with van der Waals surface area (Å²) in [6, 6.07) is 5.81. The maximum atomic E-state index is 5.42. The predicted octanol–water partition coefficient (Wildman–Crippen LogP) is 1.21. The van der Waals surface area contributed by atoms with Gasteiger partial charge >= 0.3 is 0 Å². The lowest BCUT2D eigenvalue weighted by molar-refractivity contribution is 0.329. The highest BCUT2D eigenvalue weighted by Gasteiger charge is 2.02. The Bertz CT molecular complexity index is 436. The lowest BCUT2D eigenvalue weighted by atomic mass is 10.2. The standard InChI is InChI=1S/C10H13N3O/c1-7-9-6-8(14-5-4-11)2-3-10(9)13-12-7/h2-3,6H,4-5,11H2,1H3,(H,12,13). The number of H-pyrrole nitrogens is 1. The molecule has 2 aromatic rings. The SMILES string of the molecule is Cc1[nH]nc2ccc(OCCN)cc12. The van der Waals surface area contributed by atoms with Gasteiger partial charge in [-0.25, -0.2) is 0 Å². The van der Waals surface area contributed by atoms with Gasteiger partial charge in [-0.05, 0) is 25.1 Å². The maximum absolute atomic E-state index is 5.42. The summed E-state index contributed by atoms with van der Waals surface area (Å²) in [5.41, 5.74) is 7.37. The molecular weight excluding hydrogens is 178 g/mol. The van der Waals surface area contributed by atoms with E-state index in [0.29, 0.717) is 13.2 Å². The van der Waals surface area contributed by atoms with E-state index in [4.69, 9.17) is 10.5 Å². The van der Waals surface area contributed by atoms with Crippen molar-refractivity contribution in [1.82, 2.24) is 10.2 Å². The summed E-state index contributed by atoms with van der Waals surface area (Å²) >= 11 is 0. The molecule has 4 nitrogen and oxygen atoms in total. The van der Waals surface area contributed by atoms with Crippen LogP contribution in [0.4, 0.5) is 0 Å². The van der Waals surface area contributed by atoms with Crippen LogP contribution in [0.15, 0.2) is 18.2 Å². The summed E-state index contributed by atoms with van der Waals surface area (Å²) in [6.45, 7) is 3.06. The number of ether oxygens (including phenoxy) is 1. The van der Waals surface area contributed by atoms with Gasteiger partial charge in [0.05, 0.1) is 5.52 Å². The second kappa shape index (κ2) is 3.67. The molecule has 0 aliphatic carbocycles. The average Bonchev–Trinajstić information content (AvgIpc) is 2.57. The first-order chi connectivity index (χ1) is 6.81. The van der Waals surface area contributed by atoms with Crippen molar-refractivity contribution in [2.24, 2.45) is 5.73 Å². The van der Waals surface area contributed by atoms with Crippen LogP contribution in [-0.2, 0) is 0 Å². The predicted molar refractivity (Wildman–Crippen MR) is 55.4 cm³/mol. The number of benzene rings is 1. The summed E-state index contributed by atoms with van der Waals surface area (Å²) in [4.78, 5) is 0. The fourth-order valence-corrected chi connectivity index (χ4v) is 1.38. The van der Waals surface area contributed by atoms with Crippen molar-refractivity contribution in [3.8, 4) is 5.75 Å². The average molecular weight is 191 g/mol. The zero-order valence-electron chi connectivity index (χ0n) is 8.08. The van der Waals surface area contributed by atoms with Crippen molar-refractivity contribution >= 4 is 10.9 Å². The number of nitrogens with zero attached hydrogens (tertiary/aromatic N) is 1. The fraction of sp³-hybridized carbons (Fsp3) is 0.300. The largest absolute Gasteiger partial charge is 0.492 e. The van der Waals surface area contributed by atoms with Crippen LogP contribution >= 0.6 is 0 Å². The Morgan fingerprint density at radius 2 is 2.36 bits per heavy atom. The molecule has 1 aromatic carbocycles. The molecule has 0 amide bonds. The summed E-state index contributed by atoms with van der Waals surface area (Å²) in [5.74, 6) is 0.840. The molecule has 1 aromatic heterocycles. The minimum Gasteiger partial charge on any atom is -0.492 e. The van der Waals surface area contributed by atoms with E-state index in [-0.39, 0.29) is 0 Å². The van der Waals surface area contributed by atoms with Crippen LogP contribution in [0.1, 0.15) is 5.69 Å². The molecule has 0 aliphatic rings. The monoisotopic (exact) mass is 191 g/mol. The van der Waals surface area contributed by atoms with Crippen molar-refractivity contribution < 1.29 is 4.74 Å². The van der Waals surface area contributed by atoms with Gasteiger partial charge in [0.1, 0.15) is 12.4 Å². The van der Waals surface area contributed by atoms with Crippen LogP contribution in [0.3, 0.4) is 0 Å². The Kier molecular flexibility index (Phi) is 2.37. The van der Waals surface area contributed by atoms with E-state index in [1.54, 1.807) is 0 Å². The summed E-state index contributed by atoms with van der Waals surface area (Å²) < 4.78 is 5.42. The second-order valence-electron chi connectivity index (χ2n) is 3.16. The third-order valence-corrected chi connectivity index (χ3v) is 2.10. The van der Waals surface area contributed by atoms with Gasteiger partial charge in [0, 0.05) is 17.6 Å². The lowest BCUT2D eigenvalue weighted by Gasteiger charge is -2.03. The highest BCUT2D eigenvalue weighted by atomic mass is 16.5. The fourth-order valence-electron chi connectivity index (χ4n) is 1.38. The maximum Gasteiger partial charge on any atom is 0.120 e. The van der Waals surface area contributed by atoms with Gasteiger partial charge in [-0.2, -0.15) is 5.10 Å². The van der Waals surface area contributed by atoms with E-state index in [9.17, 15) is 0 Å². The minimum absolute atomic E-state index is 0.530. The molecule has 0 atom stereocenters. The van der Waals surface area contributed by atoms with E-state index in [1.807, 2.05) is 25.1 Å². The molecule has 0 radical (unpaired) electrons. The van der Waals surface area contributed by atoms with Crippen molar-refractivity contribution in [3.63, 3.8) is 0 Å². The number of rotatable bonds is 3.